The van der Waals surface area contributed by atoms with Gasteiger partial charge in [-0.25, -0.2) is 4.79 Å². The van der Waals surface area contributed by atoms with Gasteiger partial charge in [-0.15, -0.1) is 0 Å². The summed E-state index contributed by atoms with van der Waals surface area (Å²) in [6.45, 7) is 0.540. The summed E-state index contributed by atoms with van der Waals surface area (Å²) in [7, 11) is 1.81. The molecule has 2 rings (SSSR count). The molecule has 0 unspecified atom stereocenters. The zero-order chi connectivity index (χ0) is 13.8. The second-order valence-corrected chi connectivity index (χ2v) is 4.20. The number of nitrogens with one attached hydrogen (secondary N) is 1. The van der Waals surface area contributed by atoms with Crippen molar-refractivity contribution in [3.05, 3.63) is 53.3 Å². The van der Waals surface area contributed by atoms with E-state index in [1.807, 2.05) is 13.2 Å². The molecule has 1 aromatic heterocycles. The molecule has 0 spiro atoms. The normalized spacial score (nSPS) is 9.89. The van der Waals surface area contributed by atoms with Gasteiger partial charge in [-0.2, -0.15) is 5.26 Å². The molecule has 0 bridgehead atoms. The molecule has 5 heteroatoms. The first-order valence-corrected chi connectivity index (χ1v) is 5.72. The monoisotopic (exact) mass is 255 g/mol. The number of aromatic carboxylic acids is 1. The number of anilines is 1. The van der Waals surface area contributed by atoms with Crippen molar-refractivity contribution in [1.82, 2.24) is 4.57 Å². The Morgan fingerprint density at radius 3 is 2.89 bits per heavy atom. The van der Waals surface area contributed by atoms with Gasteiger partial charge in [-0.05, 0) is 29.8 Å². The number of carboxylic acids is 1. The van der Waals surface area contributed by atoms with Gasteiger partial charge in [-0.3, -0.25) is 0 Å². The molecule has 0 radical (unpaired) electrons. The van der Waals surface area contributed by atoms with Gasteiger partial charge in [0.25, 0.3) is 0 Å². The van der Waals surface area contributed by atoms with E-state index in [-0.39, 0.29) is 5.56 Å². The molecule has 1 aromatic carbocycles. The Balaban J connectivity index is 2.08. The molecule has 0 saturated heterocycles. The molecule has 1 heterocycles. The molecule has 0 fully saturated rings. The third-order valence-electron chi connectivity index (χ3n) is 2.78. The molecule has 0 aliphatic heterocycles. The molecular weight excluding hydrogens is 242 g/mol. The Morgan fingerprint density at radius 1 is 1.47 bits per heavy atom. The summed E-state index contributed by atoms with van der Waals surface area (Å²) >= 11 is 0. The number of aromatic nitrogens is 1. The van der Waals surface area contributed by atoms with Gasteiger partial charge in [0.1, 0.15) is 11.8 Å². The number of carboxylic acid groups (broad SMARTS) is 1. The van der Waals surface area contributed by atoms with Crippen LogP contribution >= 0.6 is 0 Å². The van der Waals surface area contributed by atoms with Crippen molar-refractivity contribution in [1.29, 1.82) is 5.26 Å². The zero-order valence-electron chi connectivity index (χ0n) is 10.4. The van der Waals surface area contributed by atoms with Crippen molar-refractivity contribution in [2.75, 3.05) is 5.32 Å². The SMILES string of the molecule is Cn1cc(CNc2cccc(C(=O)O)c2)cc1C#N. The minimum absolute atomic E-state index is 0.246. The largest absolute Gasteiger partial charge is 0.478 e. The standard InChI is InChI=1S/C14H13N3O2/c1-17-9-10(5-13(17)7-15)8-16-12-4-2-3-11(6-12)14(18)19/h2-6,9,16H,8H2,1H3,(H,18,19). The van der Waals surface area contributed by atoms with Crippen LogP contribution in [0.3, 0.4) is 0 Å². The van der Waals surface area contributed by atoms with E-state index in [4.69, 9.17) is 10.4 Å². The maximum atomic E-state index is 10.8. The Hall–Kier alpha value is -2.74. The molecule has 2 aromatic rings. The molecule has 19 heavy (non-hydrogen) atoms. The third kappa shape index (κ3) is 2.93. The number of hydrogen-bond acceptors (Lipinski definition) is 3. The maximum Gasteiger partial charge on any atom is 0.335 e. The zero-order valence-corrected chi connectivity index (χ0v) is 10.4. The highest BCUT2D eigenvalue weighted by Crippen LogP contribution is 2.13. The Kier molecular flexibility index (Phi) is 3.53. The Bertz CT molecular complexity index is 653. The molecule has 5 nitrogen and oxygen atoms in total. The van der Waals surface area contributed by atoms with Gasteiger partial charge in [0.15, 0.2) is 0 Å². The number of carbonyl (C=O) groups is 1. The van der Waals surface area contributed by atoms with Crippen LogP contribution in [0.15, 0.2) is 36.5 Å². The van der Waals surface area contributed by atoms with Crippen molar-refractivity contribution in [3.8, 4) is 6.07 Å². The summed E-state index contributed by atoms with van der Waals surface area (Å²) in [5.41, 5.74) is 2.55. The Labute approximate surface area is 110 Å². The van der Waals surface area contributed by atoms with Crippen LogP contribution in [0.1, 0.15) is 21.6 Å². The summed E-state index contributed by atoms with van der Waals surface area (Å²) in [6.07, 6.45) is 1.87. The van der Waals surface area contributed by atoms with Crippen LogP contribution in [0, 0.1) is 11.3 Å². The van der Waals surface area contributed by atoms with Crippen LogP contribution < -0.4 is 5.32 Å². The lowest BCUT2D eigenvalue weighted by Gasteiger charge is -2.05. The van der Waals surface area contributed by atoms with E-state index in [1.54, 1.807) is 34.9 Å². The number of aryl methyl sites for hydroxylation is 1. The van der Waals surface area contributed by atoms with Crippen molar-refractivity contribution >= 4 is 11.7 Å². The average Bonchev–Trinajstić information content (AvgIpc) is 2.77. The highest BCUT2D eigenvalue weighted by molar-refractivity contribution is 5.88. The highest BCUT2D eigenvalue weighted by Gasteiger charge is 2.04. The van der Waals surface area contributed by atoms with E-state index >= 15 is 0 Å². The van der Waals surface area contributed by atoms with E-state index in [1.165, 1.54) is 0 Å². The second-order valence-electron chi connectivity index (χ2n) is 4.20. The maximum absolute atomic E-state index is 10.8. The lowest BCUT2D eigenvalue weighted by atomic mass is 10.2. The van der Waals surface area contributed by atoms with Gasteiger partial charge >= 0.3 is 5.97 Å². The second kappa shape index (κ2) is 5.27. The average molecular weight is 255 g/mol. The summed E-state index contributed by atoms with van der Waals surface area (Å²) in [5, 5.41) is 20.9. The van der Waals surface area contributed by atoms with Crippen molar-refractivity contribution in [2.45, 2.75) is 6.54 Å². The van der Waals surface area contributed by atoms with E-state index in [0.29, 0.717) is 12.2 Å². The summed E-state index contributed by atoms with van der Waals surface area (Å²) in [4.78, 5) is 10.8. The van der Waals surface area contributed by atoms with Crippen LogP contribution in [0.25, 0.3) is 0 Å². The fourth-order valence-corrected chi connectivity index (χ4v) is 1.81. The van der Waals surface area contributed by atoms with E-state index in [9.17, 15) is 4.79 Å². The first-order valence-electron chi connectivity index (χ1n) is 5.72. The van der Waals surface area contributed by atoms with Gasteiger partial charge in [0, 0.05) is 25.5 Å². The summed E-state index contributed by atoms with van der Waals surface area (Å²) in [5.74, 6) is -0.949. The molecule has 2 N–H and O–H groups in total. The first kappa shape index (κ1) is 12.7. The van der Waals surface area contributed by atoms with E-state index in [0.717, 1.165) is 11.3 Å². The molecule has 96 valence electrons. The van der Waals surface area contributed by atoms with Gasteiger partial charge in [0.05, 0.1) is 5.56 Å². The highest BCUT2D eigenvalue weighted by atomic mass is 16.4. The lowest BCUT2D eigenvalue weighted by molar-refractivity contribution is 0.0697. The molecule has 0 saturated carbocycles. The minimum atomic E-state index is -0.949. The molecular formula is C14H13N3O2. The summed E-state index contributed by atoms with van der Waals surface area (Å²) in [6, 6.07) is 10.5. The van der Waals surface area contributed by atoms with Crippen LogP contribution in [0.2, 0.25) is 0 Å². The Morgan fingerprint density at radius 2 is 2.26 bits per heavy atom. The van der Waals surface area contributed by atoms with Crippen LogP contribution in [-0.2, 0) is 13.6 Å². The van der Waals surface area contributed by atoms with Gasteiger partial charge < -0.3 is 15.0 Å². The first-order chi connectivity index (χ1) is 9.10. The minimum Gasteiger partial charge on any atom is -0.478 e. The number of hydrogen-bond donors (Lipinski definition) is 2. The predicted octanol–water partition coefficient (Wildman–Crippen LogP) is 2.21. The topological polar surface area (TPSA) is 78.1 Å². The quantitative estimate of drug-likeness (QED) is 0.878. The molecule has 0 aliphatic carbocycles. The molecule has 0 aliphatic rings. The summed E-state index contributed by atoms with van der Waals surface area (Å²) < 4.78 is 1.75. The van der Waals surface area contributed by atoms with Crippen LogP contribution in [0.5, 0.6) is 0 Å². The third-order valence-corrected chi connectivity index (χ3v) is 2.78. The van der Waals surface area contributed by atoms with Crippen LogP contribution in [-0.4, -0.2) is 15.6 Å². The van der Waals surface area contributed by atoms with Gasteiger partial charge in [0.2, 0.25) is 0 Å². The lowest BCUT2D eigenvalue weighted by Crippen LogP contribution is -2.01. The van der Waals surface area contributed by atoms with Gasteiger partial charge in [-0.1, -0.05) is 6.07 Å². The van der Waals surface area contributed by atoms with Crippen molar-refractivity contribution in [3.63, 3.8) is 0 Å². The molecule has 0 amide bonds. The van der Waals surface area contributed by atoms with E-state index in [2.05, 4.69) is 11.4 Å². The van der Waals surface area contributed by atoms with Crippen molar-refractivity contribution < 1.29 is 9.90 Å². The van der Waals surface area contributed by atoms with E-state index < -0.39 is 5.97 Å². The number of benzene rings is 1. The fraction of sp³-hybridized carbons (Fsp3) is 0.143. The van der Waals surface area contributed by atoms with Crippen molar-refractivity contribution in [2.24, 2.45) is 7.05 Å². The number of nitrogens with zero attached hydrogens (tertiary/aromatic N) is 2. The van der Waals surface area contributed by atoms with Crippen LogP contribution in [0.4, 0.5) is 5.69 Å². The number of rotatable bonds is 4. The fourth-order valence-electron chi connectivity index (χ4n) is 1.81. The smallest absolute Gasteiger partial charge is 0.335 e. The molecule has 0 atom stereocenters. The predicted molar refractivity (Wildman–Crippen MR) is 70.9 cm³/mol. The number of nitriles is 1.